The Bertz CT molecular complexity index is 554. The Morgan fingerprint density at radius 3 is 2.55 bits per heavy atom. The summed E-state index contributed by atoms with van der Waals surface area (Å²) in [6.07, 6.45) is 1.94. The molecule has 3 N–H and O–H groups in total. The van der Waals surface area contributed by atoms with E-state index in [1.807, 2.05) is 30.3 Å². The number of nitrogens with two attached hydrogens (primary N) is 1. The molecule has 0 saturated heterocycles. The minimum Gasteiger partial charge on any atom is -0.380 e. The summed E-state index contributed by atoms with van der Waals surface area (Å²) in [6.45, 7) is 2.73. The molecule has 1 aromatic carbocycles. The normalized spacial score (nSPS) is 10.6. The summed E-state index contributed by atoms with van der Waals surface area (Å²) in [5.74, 6) is 6.79. The number of methoxy groups -OCH3 is 1. The Hall–Kier alpha value is -1.98. The van der Waals surface area contributed by atoms with E-state index < -0.39 is 0 Å². The fourth-order valence-corrected chi connectivity index (χ4v) is 2.00. The molecule has 0 atom stereocenters. The maximum Gasteiger partial charge on any atom is 0.161 e. The van der Waals surface area contributed by atoms with Crippen molar-refractivity contribution < 1.29 is 4.74 Å². The van der Waals surface area contributed by atoms with Gasteiger partial charge in [-0.1, -0.05) is 37.6 Å². The van der Waals surface area contributed by atoms with Crippen LogP contribution in [0.15, 0.2) is 30.3 Å². The van der Waals surface area contributed by atoms with Gasteiger partial charge in [0.2, 0.25) is 0 Å². The van der Waals surface area contributed by atoms with Gasteiger partial charge in [-0.3, -0.25) is 0 Å². The molecule has 0 aliphatic rings. The first-order valence-corrected chi connectivity index (χ1v) is 6.69. The van der Waals surface area contributed by atoms with Gasteiger partial charge >= 0.3 is 0 Å². The summed E-state index contributed by atoms with van der Waals surface area (Å²) >= 11 is 0. The Balaban J connectivity index is 2.32. The molecule has 0 amide bonds. The molecular formula is C15H20N4O. The molecule has 0 aliphatic heterocycles. The number of rotatable bonds is 6. The average molecular weight is 272 g/mol. The highest BCUT2D eigenvalue weighted by Crippen LogP contribution is 2.19. The third kappa shape index (κ3) is 3.53. The lowest BCUT2D eigenvalue weighted by molar-refractivity contribution is 0.185. The molecule has 106 valence electrons. The molecular weight excluding hydrogens is 252 g/mol. The van der Waals surface area contributed by atoms with Crippen molar-refractivity contribution in [2.45, 2.75) is 26.4 Å². The van der Waals surface area contributed by atoms with E-state index in [0.29, 0.717) is 18.2 Å². The molecule has 0 saturated carbocycles. The van der Waals surface area contributed by atoms with Crippen molar-refractivity contribution in [3.8, 4) is 11.4 Å². The third-order valence-corrected chi connectivity index (χ3v) is 2.96. The summed E-state index contributed by atoms with van der Waals surface area (Å²) in [6, 6.07) is 9.92. The molecule has 1 aromatic heterocycles. The fourth-order valence-electron chi connectivity index (χ4n) is 2.00. The van der Waals surface area contributed by atoms with Crippen LogP contribution in [0.25, 0.3) is 11.4 Å². The van der Waals surface area contributed by atoms with E-state index in [1.165, 1.54) is 0 Å². The number of nitrogen functional groups attached to an aromatic ring is 1. The van der Waals surface area contributed by atoms with Crippen molar-refractivity contribution >= 4 is 5.82 Å². The number of benzene rings is 1. The molecule has 0 aliphatic carbocycles. The fraction of sp³-hybridized carbons (Fsp3) is 0.333. The number of anilines is 1. The summed E-state index contributed by atoms with van der Waals surface area (Å²) in [7, 11) is 1.68. The second-order valence-electron chi connectivity index (χ2n) is 4.59. The number of nitrogens with one attached hydrogen (secondary N) is 1. The number of nitrogens with zero attached hydrogens (tertiary/aromatic N) is 2. The minimum absolute atomic E-state index is 0.604. The van der Waals surface area contributed by atoms with Gasteiger partial charge in [0.15, 0.2) is 5.82 Å². The van der Waals surface area contributed by atoms with Crippen LogP contribution in [0.2, 0.25) is 0 Å². The standard InChI is InChI=1S/C15H20N4O/c1-3-4-13-9-14(19-16)18-15(17-13)12-7-5-11(6-8-12)10-20-2/h5-9H,3-4,10,16H2,1-2H3,(H,17,18,19). The highest BCUT2D eigenvalue weighted by molar-refractivity contribution is 5.58. The van der Waals surface area contributed by atoms with Gasteiger partial charge in [0, 0.05) is 24.4 Å². The van der Waals surface area contributed by atoms with Gasteiger partial charge < -0.3 is 10.2 Å². The van der Waals surface area contributed by atoms with Crippen LogP contribution in [0.4, 0.5) is 5.82 Å². The van der Waals surface area contributed by atoms with E-state index in [1.54, 1.807) is 7.11 Å². The van der Waals surface area contributed by atoms with E-state index in [0.717, 1.165) is 29.7 Å². The monoisotopic (exact) mass is 272 g/mol. The van der Waals surface area contributed by atoms with Crippen LogP contribution in [0.1, 0.15) is 24.6 Å². The van der Waals surface area contributed by atoms with Crippen LogP contribution in [0, 0.1) is 0 Å². The van der Waals surface area contributed by atoms with E-state index >= 15 is 0 Å². The maximum absolute atomic E-state index is 5.47. The Labute approximate surface area is 119 Å². The zero-order chi connectivity index (χ0) is 14.4. The predicted octanol–water partition coefficient (Wildman–Crippen LogP) is 2.53. The number of hydrogen-bond acceptors (Lipinski definition) is 5. The second kappa shape index (κ2) is 6.98. The minimum atomic E-state index is 0.604. The van der Waals surface area contributed by atoms with Crippen LogP contribution < -0.4 is 11.3 Å². The van der Waals surface area contributed by atoms with Crippen molar-refractivity contribution in [3.05, 3.63) is 41.6 Å². The molecule has 0 spiro atoms. The summed E-state index contributed by atoms with van der Waals surface area (Å²) in [4.78, 5) is 8.98. The smallest absolute Gasteiger partial charge is 0.161 e. The average Bonchev–Trinajstić information content (AvgIpc) is 2.48. The van der Waals surface area contributed by atoms with Gasteiger partial charge in [0.1, 0.15) is 5.82 Å². The molecule has 5 nitrogen and oxygen atoms in total. The lowest BCUT2D eigenvalue weighted by atomic mass is 10.1. The molecule has 0 bridgehead atoms. The van der Waals surface area contributed by atoms with Crippen LogP contribution in [0.3, 0.4) is 0 Å². The van der Waals surface area contributed by atoms with Crippen LogP contribution in [0.5, 0.6) is 0 Å². The second-order valence-corrected chi connectivity index (χ2v) is 4.59. The van der Waals surface area contributed by atoms with Crippen molar-refractivity contribution in [2.24, 2.45) is 5.84 Å². The van der Waals surface area contributed by atoms with Gasteiger partial charge in [0.25, 0.3) is 0 Å². The van der Waals surface area contributed by atoms with E-state index in [2.05, 4.69) is 22.3 Å². The number of aryl methyl sites for hydroxylation is 1. The Kier molecular flexibility index (Phi) is 5.03. The van der Waals surface area contributed by atoms with Gasteiger partial charge in [-0.15, -0.1) is 0 Å². The summed E-state index contributed by atoms with van der Waals surface area (Å²) in [5.41, 5.74) is 5.68. The van der Waals surface area contributed by atoms with Crippen molar-refractivity contribution in [2.75, 3.05) is 12.5 Å². The van der Waals surface area contributed by atoms with Crippen molar-refractivity contribution in [1.29, 1.82) is 0 Å². The van der Waals surface area contributed by atoms with Gasteiger partial charge in [-0.2, -0.15) is 0 Å². The number of hydrazine groups is 1. The highest BCUT2D eigenvalue weighted by atomic mass is 16.5. The van der Waals surface area contributed by atoms with Gasteiger partial charge in [-0.05, 0) is 12.0 Å². The number of hydrogen-bond donors (Lipinski definition) is 2. The molecule has 20 heavy (non-hydrogen) atoms. The number of ether oxygens (including phenoxy) is 1. The third-order valence-electron chi connectivity index (χ3n) is 2.96. The Morgan fingerprint density at radius 2 is 1.95 bits per heavy atom. The van der Waals surface area contributed by atoms with E-state index in [9.17, 15) is 0 Å². The predicted molar refractivity (Wildman–Crippen MR) is 80.0 cm³/mol. The first-order chi connectivity index (χ1) is 9.76. The molecule has 2 aromatic rings. The zero-order valence-corrected chi connectivity index (χ0v) is 11.9. The summed E-state index contributed by atoms with van der Waals surface area (Å²) < 4.78 is 5.10. The van der Waals surface area contributed by atoms with Gasteiger partial charge in [0.05, 0.1) is 6.61 Å². The van der Waals surface area contributed by atoms with E-state index in [-0.39, 0.29) is 0 Å². The van der Waals surface area contributed by atoms with Crippen LogP contribution in [-0.2, 0) is 17.8 Å². The molecule has 2 rings (SSSR count). The molecule has 5 heteroatoms. The van der Waals surface area contributed by atoms with Crippen LogP contribution in [-0.4, -0.2) is 17.1 Å². The highest BCUT2D eigenvalue weighted by Gasteiger charge is 2.06. The van der Waals surface area contributed by atoms with Crippen molar-refractivity contribution in [1.82, 2.24) is 9.97 Å². The quantitative estimate of drug-likeness (QED) is 0.624. The van der Waals surface area contributed by atoms with E-state index in [4.69, 9.17) is 10.6 Å². The first-order valence-electron chi connectivity index (χ1n) is 6.69. The SMILES string of the molecule is CCCc1cc(NN)nc(-c2ccc(COC)cc2)n1. The number of aromatic nitrogens is 2. The van der Waals surface area contributed by atoms with Gasteiger partial charge in [-0.25, -0.2) is 15.8 Å². The molecule has 1 heterocycles. The maximum atomic E-state index is 5.47. The molecule has 0 fully saturated rings. The lowest BCUT2D eigenvalue weighted by Gasteiger charge is -2.08. The van der Waals surface area contributed by atoms with Crippen molar-refractivity contribution in [3.63, 3.8) is 0 Å². The zero-order valence-electron chi connectivity index (χ0n) is 11.9. The largest absolute Gasteiger partial charge is 0.380 e. The molecule has 0 unspecified atom stereocenters. The topological polar surface area (TPSA) is 73.1 Å². The molecule has 0 radical (unpaired) electrons. The Morgan fingerprint density at radius 1 is 1.20 bits per heavy atom. The first kappa shape index (κ1) is 14.4. The lowest BCUT2D eigenvalue weighted by Crippen LogP contribution is -2.10. The summed E-state index contributed by atoms with van der Waals surface area (Å²) in [5, 5.41) is 0. The van der Waals surface area contributed by atoms with Crippen LogP contribution >= 0.6 is 0 Å².